The predicted molar refractivity (Wildman–Crippen MR) is 92.7 cm³/mol. The van der Waals surface area contributed by atoms with Gasteiger partial charge in [-0.2, -0.15) is 0 Å². The normalized spacial score (nSPS) is 10.6. The molecule has 3 rings (SSSR count). The van der Waals surface area contributed by atoms with E-state index in [1.165, 1.54) is 0 Å². The van der Waals surface area contributed by atoms with E-state index in [1.807, 2.05) is 61.7 Å². The van der Waals surface area contributed by atoms with Crippen LogP contribution in [0.1, 0.15) is 15.9 Å². The first-order chi connectivity index (χ1) is 10.7. The first-order valence-corrected chi connectivity index (χ1v) is 8.21. The van der Waals surface area contributed by atoms with E-state index in [0.717, 1.165) is 27.0 Å². The largest absolute Gasteiger partial charge is 0.320 e. The van der Waals surface area contributed by atoms with E-state index < -0.39 is 0 Å². The van der Waals surface area contributed by atoms with Crippen molar-refractivity contribution in [3.63, 3.8) is 0 Å². The maximum absolute atomic E-state index is 12.6. The fraction of sp³-hybridized carbons (Fsp3) is 0.111. The van der Waals surface area contributed by atoms with Crippen LogP contribution in [0.25, 0.3) is 10.9 Å². The highest BCUT2D eigenvalue weighted by atomic mass is 32.2. The van der Waals surface area contributed by atoms with Gasteiger partial charge in [0.2, 0.25) is 0 Å². The molecule has 0 atom stereocenters. The highest BCUT2D eigenvalue weighted by molar-refractivity contribution is 7.98. The molecule has 0 saturated heterocycles. The van der Waals surface area contributed by atoms with Gasteiger partial charge in [-0.1, -0.05) is 24.3 Å². The number of nitrogens with zero attached hydrogens (tertiary/aromatic N) is 1. The molecule has 0 unspecified atom stereocenters. The fourth-order valence-corrected chi connectivity index (χ4v) is 2.81. The SMILES string of the molecule is CSc1ccc(C)c(C(=O)Nc2cccc3cccnc23)c1. The number of fused-ring (bicyclic) bond motifs is 1. The van der Waals surface area contributed by atoms with Crippen molar-refractivity contribution in [2.45, 2.75) is 11.8 Å². The summed E-state index contributed by atoms with van der Waals surface area (Å²) in [6.07, 6.45) is 3.73. The van der Waals surface area contributed by atoms with Crippen LogP contribution in [0.4, 0.5) is 5.69 Å². The molecular weight excluding hydrogens is 292 g/mol. The van der Waals surface area contributed by atoms with Gasteiger partial charge < -0.3 is 5.32 Å². The molecule has 0 saturated carbocycles. The number of pyridine rings is 1. The van der Waals surface area contributed by atoms with Crippen molar-refractivity contribution in [3.8, 4) is 0 Å². The number of carbonyl (C=O) groups excluding carboxylic acids is 1. The summed E-state index contributed by atoms with van der Waals surface area (Å²) in [6, 6.07) is 15.6. The van der Waals surface area contributed by atoms with E-state index in [0.29, 0.717) is 5.56 Å². The Hall–Kier alpha value is -2.33. The zero-order chi connectivity index (χ0) is 15.5. The van der Waals surface area contributed by atoms with Gasteiger partial charge in [0.15, 0.2) is 0 Å². The number of aryl methyl sites for hydroxylation is 1. The lowest BCUT2D eigenvalue weighted by Gasteiger charge is -2.10. The third-order valence-corrected chi connectivity index (χ3v) is 4.30. The molecule has 110 valence electrons. The molecule has 0 radical (unpaired) electrons. The molecule has 0 fully saturated rings. The number of carbonyl (C=O) groups is 1. The van der Waals surface area contributed by atoms with Crippen molar-refractivity contribution in [1.82, 2.24) is 4.98 Å². The monoisotopic (exact) mass is 308 g/mol. The average Bonchev–Trinajstić information content (AvgIpc) is 2.55. The number of thioether (sulfide) groups is 1. The number of hydrogen-bond donors (Lipinski definition) is 1. The first-order valence-electron chi connectivity index (χ1n) is 6.99. The summed E-state index contributed by atoms with van der Waals surface area (Å²) in [5.41, 5.74) is 3.19. The Morgan fingerprint density at radius 1 is 1.14 bits per heavy atom. The van der Waals surface area contributed by atoms with Gasteiger partial charge in [-0.3, -0.25) is 9.78 Å². The number of anilines is 1. The van der Waals surface area contributed by atoms with Gasteiger partial charge in [-0.05, 0) is 43.0 Å². The van der Waals surface area contributed by atoms with Crippen molar-refractivity contribution in [1.29, 1.82) is 0 Å². The Kier molecular flexibility index (Phi) is 4.11. The maximum atomic E-state index is 12.6. The quantitative estimate of drug-likeness (QED) is 0.723. The van der Waals surface area contributed by atoms with Crippen LogP contribution < -0.4 is 5.32 Å². The van der Waals surface area contributed by atoms with Crippen molar-refractivity contribution in [2.24, 2.45) is 0 Å². The summed E-state index contributed by atoms with van der Waals surface area (Å²) in [4.78, 5) is 18.0. The van der Waals surface area contributed by atoms with Crippen LogP contribution in [-0.4, -0.2) is 17.1 Å². The smallest absolute Gasteiger partial charge is 0.256 e. The molecule has 3 aromatic rings. The molecule has 1 N–H and O–H groups in total. The highest BCUT2D eigenvalue weighted by Crippen LogP contribution is 2.23. The van der Waals surface area contributed by atoms with Crippen molar-refractivity contribution >= 4 is 34.3 Å². The van der Waals surface area contributed by atoms with Gasteiger partial charge >= 0.3 is 0 Å². The molecule has 4 heteroatoms. The van der Waals surface area contributed by atoms with Crippen LogP contribution in [0.3, 0.4) is 0 Å². The fourth-order valence-electron chi connectivity index (χ4n) is 2.37. The minimum absolute atomic E-state index is 0.105. The molecule has 0 aliphatic heterocycles. The molecule has 0 aliphatic rings. The van der Waals surface area contributed by atoms with Gasteiger partial charge in [-0.25, -0.2) is 0 Å². The van der Waals surface area contributed by atoms with E-state index in [9.17, 15) is 4.79 Å². The molecule has 0 bridgehead atoms. The molecular formula is C18H16N2OS. The second-order valence-corrected chi connectivity index (χ2v) is 5.90. The molecule has 0 aliphatic carbocycles. The average molecular weight is 308 g/mol. The van der Waals surface area contributed by atoms with Gasteiger partial charge in [0, 0.05) is 22.0 Å². The lowest BCUT2D eigenvalue weighted by Crippen LogP contribution is -2.14. The molecule has 22 heavy (non-hydrogen) atoms. The van der Waals surface area contributed by atoms with Crippen LogP contribution >= 0.6 is 11.8 Å². The summed E-state index contributed by atoms with van der Waals surface area (Å²) >= 11 is 1.63. The van der Waals surface area contributed by atoms with Crippen LogP contribution in [0, 0.1) is 6.92 Å². The second kappa shape index (κ2) is 6.20. The highest BCUT2D eigenvalue weighted by Gasteiger charge is 2.12. The minimum Gasteiger partial charge on any atom is -0.320 e. The van der Waals surface area contributed by atoms with Crippen molar-refractivity contribution < 1.29 is 4.79 Å². The number of benzene rings is 2. The Balaban J connectivity index is 1.97. The van der Waals surface area contributed by atoms with E-state index in [-0.39, 0.29) is 5.91 Å². The number of para-hydroxylation sites is 1. The van der Waals surface area contributed by atoms with Gasteiger partial charge in [0.05, 0.1) is 11.2 Å². The summed E-state index contributed by atoms with van der Waals surface area (Å²) in [5.74, 6) is -0.105. The van der Waals surface area contributed by atoms with Crippen molar-refractivity contribution in [2.75, 3.05) is 11.6 Å². The summed E-state index contributed by atoms with van der Waals surface area (Å²) in [5, 5.41) is 3.99. The Labute approximate surface area is 133 Å². The minimum atomic E-state index is -0.105. The number of aromatic nitrogens is 1. The van der Waals surface area contributed by atoms with E-state index >= 15 is 0 Å². The molecule has 0 spiro atoms. The first kappa shape index (κ1) is 14.6. The Bertz CT molecular complexity index is 840. The third kappa shape index (κ3) is 2.83. The second-order valence-electron chi connectivity index (χ2n) is 5.02. The maximum Gasteiger partial charge on any atom is 0.256 e. The van der Waals surface area contributed by atoms with Gasteiger partial charge in [0.25, 0.3) is 5.91 Å². The topological polar surface area (TPSA) is 42.0 Å². The zero-order valence-electron chi connectivity index (χ0n) is 12.5. The predicted octanol–water partition coefficient (Wildman–Crippen LogP) is 4.52. The van der Waals surface area contributed by atoms with E-state index in [1.54, 1.807) is 18.0 Å². The van der Waals surface area contributed by atoms with Gasteiger partial charge in [0.1, 0.15) is 0 Å². The summed E-state index contributed by atoms with van der Waals surface area (Å²) in [6.45, 7) is 1.94. The standard InChI is InChI=1S/C18H16N2OS/c1-12-8-9-14(22-2)11-15(12)18(21)20-16-7-3-5-13-6-4-10-19-17(13)16/h3-11H,1-2H3,(H,20,21). The summed E-state index contributed by atoms with van der Waals surface area (Å²) < 4.78 is 0. The number of rotatable bonds is 3. The molecule has 3 nitrogen and oxygen atoms in total. The van der Waals surface area contributed by atoms with Crippen LogP contribution in [-0.2, 0) is 0 Å². The Morgan fingerprint density at radius 2 is 1.95 bits per heavy atom. The van der Waals surface area contributed by atoms with E-state index in [2.05, 4.69) is 10.3 Å². The van der Waals surface area contributed by atoms with Crippen LogP contribution in [0.2, 0.25) is 0 Å². The molecule has 1 aromatic heterocycles. The number of hydrogen-bond acceptors (Lipinski definition) is 3. The van der Waals surface area contributed by atoms with Crippen LogP contribution in [0.15, 0.2) is 59.6 Å². The number of nitrogens with one attached hydrogen (secondary N) is 1. The lowest BCUT2D eigenvalue weighted by molar-refractivity contribution is 0.102. The Morgan fingerprint density at radius 3 is 2.77 bits per heavy atom. The third-order valence-electron chi connectivity index (χ3n) is 3.57. The van der Waals surface area contributed by atoms with Crippen LogP contribution in [0.5, 0.6) is 0 Å². The zero-order valence-corrected chi connectivity index (χ0v) is 13.3. The lowest BCUT2D eigenvalue weighted by atomic mass is 10.1. The molecule has 2 aromatic carbocycles. The van der Waals surface area contributed by atoms with Gasteiger partial charge in [-0.15, -0.1) is 11.8 Å². The molecule has 1 amide bonds. The van der Waals surface area contributed by atoms with E-state index in [4.69, 9.17) is 0 Å². The number of amides is 1. The molecule has 1 heterocycles. The summed E-state index contributed by atoms with van der Waals surface area (Å²) in [7, 11) is 0. The van der Waals surface area contributed by atoms with Crippen molar-refractivity contribution in [3.05, 3.63) is 65.9 Å².